The first-order valence-electron chi connectivity index (χ1n) is 5.80. The Morgan fingerprint density at radius 1 is 1.50 bits per heavy atom. The fourth-order valence-electron chi connectivity index (χ4n) is 2.37. The summed E-state index contributed by atoms with van der Waals surface area (Å²) in [6.07, 6.45) is -1.13. The third-order valence-electron chi connectivity index (χ3n) is 3.24. The molecule has 0 spiro atoms. The topological polar surface area (TPSA) is 34.2 Å². The van der Waals surface area contributed by atoms with Crippen LogP contribution in [0.15, 0.2) is 18.5 Å². The molecule has 18 heavy (non-hydrogen) atoms. The largest absolute Gasteiger partial charge is 0.416 e. The van der Waals surface area contributed by atoms with E-state index in [1.165, 1.54) is 12.4 Å². The molecule has 6 heteroatoms. The van der Waals surface area contributed by atoms with E-state index in [2.05, 4.69) is 10.3 Å². The van der Waals surface area contributed by atoms with Crippen LogP contribution in [-0.2, 0) is 10.9 Å². The molecule has 1 fully saturated rings. The maximum absolute atomic E-state index is 12.9. The molecule has 0 aromatic carbocycles. The van der Waals surface area contributed by atoms with Crippen molar-refractivity contribution in [3.05, 3.63) is 29.6 Å². The van der Waals surface area contributed by atoms with E-state index in [9.17, 15) is 13.2 Å². The number of alkyl halides is 3. The van der Waals surface area contributed by atoms with Crippen LogP contribution in [0.2, 0.25) is 0 Å². The second kappa shape index (κ2) is 5.24. The molecule has 1 aliphatic heterocycles. The van der Waals surface area contributed by atoms with Crippen molar-refractivity contribution in [3.63, 3.8) is 0 Å². The van der Waals surface area contributed by atoms with E-state index in [1.54, 1.807) is 7.05 Å². The van der Waals surface area contributed by atoms with E-state index in [-0.39, 0.29) is 17.5 Å². The van der Waals surface area contributed by atoms with E-state index in [4.69, 9.17) is 4.74 Å². The summed E-state index contributed by atoms with van der Waals surface area (Å²) in [6.45, 7) is 1.09. The van der Waals surface area contributed by atoms with E-state index in [0.717, 1.165) is 12.5 Å². The summed E-state index contributed by atoms with van der Waals surface area (Å²) in [6, 6.07) is 0.646. The van der Waals surface area contributed by atoms with Gasteiger partial charge in [-0.1, -0.05) is 0 Å². The Hall–Kier alpha value is -1.14. The highest BCUT2D eigenvalue weighted by Gasteiger charge is 2.37. The highest BCUT2D eigenvalue weighted by atomic mass is 19.4. The van der Waals surface area contributed by atoms with Gasteiger partial charge in [-0.3, -0.25) is 4.98 Å². The third-order valence-corrected chi connectivity index (χ3v) is 3.24. The van der Waals surface area contributed by atoms with Crippen LogP contribution in [0.1, 0.15) is 23.6 Å². The molecule has 0 saturated carbocycles. The fourth-order valence-corrected chi connectivity index (χ4v) is 2.37. The highest BCUT2D eigenvalue weighted by Crippen LogP contribution is 2.37. The van der Waals surface area contributed by atoms with Crippen LogP contribution >= 0.6 is 0 Å². The quantitative estimate of drug-likeness (QED) is 0.906. The van der Waals surface area contributed by atoms with Gasteiger partial charge < -0.3 is 10.1 Å². The first-order valence-corrected chi connectivity index (χ1v) is 5.80. The molecule has 2 unspecified atom stereocenters. The van der Waals surface area contributed by atoms with Crippen molar-refractivity contribution in [2.45, 2.75) is 18.6 Å². The summed E-state index contributed by atoms with van der Waals surface area (Å²) in [5.41, 5.74) is -0.424. The molecule has 1 saturated heterocycles. The average molecular weight is 260 g/mol. The molecule has 0 amide bonds. The Kier molecular flexibility index (Phi) is 3.87. The Morgan fingerprint density at radius 3 is 2.83 bits per heavy atom. The molecule has 2 heterocycles. The number of rotatable bonds is 3. The van der Waals surface area contributed by atoms with Gasteiger partial charge in [0, 0.05) is 31.0 Å². The van der Waals surface area contributed by atoms with Gasteiger partial charge in [-0.15, -0.1) is 0 Å². The monoisotopic (exact) mass is 260 g/mol. The van der Waals surface area contributed by atoms with Crippen LogP contribution in [0.4, 0.5) is 13.2 Å². The Balaban J connectivity index is 2.35. The van der Waals surface area contributed by atoms with Crippen molar-refractivity contribution >= 4 is 0 Å². The van der Waals surface area contributed by atoms with Gasteiger partial charge >= 0.3 is 6.18 Å². The number of halogens is 3. The van der Waals surface area contributed by atoms with Gasteiger partial charge in [-0.05, 0) is 25.1 Å². The maximum Gasteiger partial charge on any atom is 0.416 e. The molecule has 0 bridgehead atoms. The van der Waals surface area contributed by atoms with Gasteiger partial charge in [0.1, 0.15) is 0 Å². The van der Waals surface area contributed by atoms with E-state index >= 15 is 0 Å². The van der Waals surface area contributed by atoms with Gasteiger partial charge in [0.2, 0.25) is 0 Å². The smallest absolute Gasteiger partial charge is 0.381 e. The summed E-state index contributed by atoms with van der Waals surface area (Å²) in [4.78, 5) is 3.82. The molecule has 2 rings (SSSR count). The van der Waals surface area contributed by atoms with Crippen LogP contribution in [0.25, 0.3) is 0 Å². The second-order valence-corrected chi connectivity index (χ2v) is 4.35. The lowest BCUT2D eigenvalue weighted by Crippen LogP contribution is -2.28. The SMILES string of the molecule is CNC(c1cnccc1C(F)(F)F)C1CCOC1. The average Bonchev–Trinajstić information content (AvgIpc) is 2.83. The lowest BCUT2D eigenvalue weighted by atomic mass is 9.90. The predicted molar refractivity (Wildman–Crippen MR) is 60.0 cm³/mol. The number of ether oxygens (including phenoxy) is 1. The number of hydrogen-bond donors (Lipinski definition) is 1. The molecule has 0 aliphatic carbocycles. The van der Waals surface area contributed by atoms with Gasteiger partial charge in [0.05, 0.1) is 12.2 Å². The third kappa shape index (κ3) is 2.64. The number of nitrogens with zero attached hydrogens (tertiary/aromatic N) is 1. The van der Waals surface area contributed by atoms with Crippen molar-refractivity contribution in [1.82, 2.24) is 10.3 Å². The summed E-state index contributed by atoms with van der Waals surface area (Å²) >= 11 is 0. The standard InChI is InChI=1S/C12H15F3N2O/c1-16-11(8-3-5-18-7-8)9-6-17-4-2-10(9)12(13,14)15/h2,4,6,8,11,16H,3,5,7H2,1H3. The second-order valence-electron chi connectivity index (χ2n) is 4.35. The van der Waals surface area contributed by atoms with E-state index in [1.807, 2.05) is 0 Å². The Morgan fingerprint density at radius 2 is 2.28 bits per heavy atom. The number of aromatic nitrogens is 1. The van der Waals surface area contributed by atoms with E-state index in [0.29, 0.717) is 13.2 Å². The van der Waals surface area contributed by atoms with Gasteiger partial charge in [0.15, 0.2) is 0 Å². The molecule has 0 radical (unpaired) electrons. The molecule has 1 aromatic heterocycles. The highest BCUT2D eigenvalue weighted by molar-refractivity contribution is 5.30. The van der Waals surface area contributed by atoms with Crippen molar-refractivity contribution < 1.29 is 17.9 Å². The molecule has 1 N–H and O–H groups in total. The van der Waals surface area contributed by atoms with E-state index < -0.39 is 11.7 Å². The normalized spacial score (nSPS) is 22.1. The van der Waals surface area contributed by atoms with Crippen molar-refractivity contribution in [2.75, 3.05) is 20.3 Å². The molecule has 1 aliphatic rings. The Labute approximate surface area is 103 Å². The van der Waals surface area contributed by atoms with Crippen LogP contribution in [0.5, 0.6) is 0 Å². The van der Waals surface area contributed by atoms with Crippen molar-refractivity contribution in [1.29, 1.82) is 0 Å². The lowest BCUT2D eigenvalue weighted by molar-refractivity contribution is -0.138. The minimum Gasteiger partial charge on any atom is -0.381 e. The summed E-state index contributed by atoms with van der Waals surface area (Å²) in [5.74, 6) is 0.0558. The fraction of sp³-hybridized carbons (Fsp3) is 0.583. The maximum atomic E-state index is 12.9. The van der Waals surface area contributed by atoms with Crippen molar-refractivity contribution in [3.8, 4) is 0 Å². The zero-order chi connectivity index (χ0) is 13.2. The zero-order valence-electron chi connectivity index (χ0n) is 10.00. The first kappa shape index (κ1) is 13.3. The summed E-state index contributed by atoms with van der Waals surface area (Å²) in [5, 5.41) is 2.95. The van der Waals surface area contributed by atoms with Gasteiger partial charge in [-0.25, -0.2) is 0 Å². The predicted octanol–water partition coefficient (Wildman–Crippen LogP) is 2.40. The Bertz CT molecular complexity index is 403. The van der Waals surface area contributed by atoms with Crippen molar-refractivity contribution in [2.24, 2.45) is 5.92 Å². The van der Waals surface area contributed by atoms with Crippen LogP contribution in [0, 0.1) is 5.92 Å². The zero-order valence-corrected chi connectivity index (χ0v) is 10.00. The number of hydrogen-bond acceptors (Lipinski definition) is 3. The van der Waals surface area contributed by atoms with Crippen LogP contribution in [-0.4, -0.2) is 25.2 Å². The first-order chi connectivity index (χ1) is 8.54. The van der Waals surface area contributed by atoms with Gasteiger partial charge in [0.25, 0.3) is 0 Å². The molecule has 1 aromatic rings. The summed E-state index contributed by atoms with van der Waals surface area (Å²) in [7, 11) is 1.66. The molecule has 3 nitrogen and oxygen atoms in total. The lowest BCUT2D eigenvalue weighted by Gasteiger charge is -2.25. The summed E-state index contributed by atoms with van der Waals surface area (Å²) < 4.78 is 44.1. The molecular weight excluding hydrogens is 245 g/mol. The minimum atomic E-state index is -4.35. The number of pyridine rings is 1. The molecular formula is C12H15F3N2O. The number of nitrogens with one attached hydrogen (secondary N) is 1. The van der Waals surface area contributed by atoms with Gasteiger partial charge in [-0.2, -0.15) is 13.2 Å². The minimum absolute atomic E-state index is 0.0558. The molecule has 2 atom stereocenters. The van der Waals surface area contributed by atoms with Crippen LogP contribution < -0.4 is 5.32 Å². The van der Waals surface area contributed by atoms with Crippen LogP contribution in [0.3, 0.4) is 0 Å². The molecule has 100 valence electrons.